The van der Waals surface area contributed by atoms with Crippen LogP contribution < -0.4 is 10.1 Å². The van der Waals surface area contributed by atoms with Crippen LogP contribution in [0, 0.1) is 11.3 Å². The summed E-state index contributed by atoms with van der Waals surface area (Å²) in [7, 11) is 1.63. The lowest BCUT2D eigenvalue weighted by molar-refractivity contribution is -0.117. The highest BCUT2D eigenvalue weighted by Gasteiger charge is 2.24. The fraction of sp³-hybridized carbons (Fsp3) is 0.300. The second-order valence-electron chi connectivity index (χ2n) is 5.96. The third kappa shape index (κ3) is 4.17. The Morgan fingerprint density at radius 2 is 2.00 bits per heavy atom. The average Bonchev–Trinajstić information content (AvgIpc) is 3.44. The van der Waals surface area contributed by atoms with Gasteiger partial charge in [0, 0.05) is 18.5 Å². The first kappa shape index (κ1) is 17.0. The molecule has 0 atom stereocenters. The van der Waals surface area contributed by atoms with Crippen LogP contribution in [0.1, 0.15) is 18.4 Å². The first-order valence-electron chi connectivity index (χ1n) is 8.29. The molecule has 5 heteroatoms. The number of amides is 1. The van der Waals surface area contributed by atoms with Crippen molar-refractivity contribution in [1.29, 1.82) is 5.26 Å². The molecule has 25 heavy (non-hydrogen) atoms. The molecule has 128 valence electrons. The van der Waals surface area contributed by atoms with E-state index in [4.69, 9.17) is 9.47 Å². The number of ether oxygens (including phenoxy) is 2. The highest BCUT2D eigenvalue weighted by Crippen LogP contribution is 2.30. The fourth-order valence-corrected chi connectivity index (χ4v) is 2.58. The molecule has 1 saturated carbocycles. The van der Waals surface area contributed by atoms with Gasteiger partial charge in [-0.2, -0.15) is 5.26 Å². The molecule has 0 bridgehead atoms. The van der Waals surface area contributed by atoms with E-state index in [-0.39, 0.29) is 17.5 Å². The first-order valence-corrected chi connectivity index (χ1v) is 8.29. The molecule has 0 heterocycles. The van der Waals surface area contributed by atoms with Gasteiger partial charge in [0.05, 0.1) is 6.61 Å². The Morgan fingerprint density at radius 3 is 2.68 bits per heavy atom. The van der Waals surface area contributed by atoms with E-state index in [1.807, 2.05) is 42.5 Å². The predicted molar refractivity (Wildman–Crippen MR) is 96.1 cm³/mol. The Labute approximate surface area is 146 Å². The van der Waals surface area contributed by atoms with Crippen LogP contribution in [0.4, 0.5) is 0 Å². The summed E-state index contributed by atoms with van der Waals surface area (Å²) in [6, 6.07) is 13.7. The molecule has 0 radical (unpaired) electrons. The third-order valence-electron chi connectivity index (χ3n) is 4.04. The Kier molecular flexibility index (Phi) is 5.32. The van der Waals surface area contributed by atoms with Crippen LogP contribution in [-0.2, 0) is 9.53 Å². The van der Waals surface area contributed by atoms with E-state index in [0.717, 1.165) is 34.9 Å². The van der Waals surface area contributed by atoms with E-state index in [2.05, 4.69) is 5.32 Å². The van der Waals surface area contributed by atoms with Gasteiger partial charge in [-0.05, 0) is 35.9 Å². The number of rotatable bonds is 7. The van der Waals surface area contributed by atoms with Gasteiger partial charge < -0.3 is 14.8 Å². The second kappa shape index (κ2) is 7.82. The number of carbonyl (C=O) groups excluding carboxylic acids is 1. The zero-order valence-corrected chi connectivity index (χ0v) is 14.1. The van der Waals surface area contributed by atoms with E-state index < -0.39 is 0 Å². The molecule has 1 fully saturated rings. The summed E-state index contributed by atoms with van der Waals surface area (Å²) in [6.07, 6.45) is 3.61. The van der Waals surface area contributed by atoms with Gasteiger partial charge in [0.25, 0.3) is 5.91 Å². The molecule has 0 spiro atoms. The lowest BCUT2D eigenvalue weighted by Gasteiger charge is -2.11. The van der Waals surface area contributed by atoms with Crippen molar-refractivity contribution in [3.8, 4) is 11.8 Å². The van der Waals surface area contributed by atoms with Crippen LogP contribution in [-0.4, -0.2) is 32.3 Å². The lowest BCUT2D eigenvalue weighted by Crippen LogP contribution is -2.26. The van der Waals surface area contributed by atoms with Gasteiger partial charge in [0.2, 0.25) is 0 Å². The molecule has 1 aliphatic rings. The van der Waals surface area contributed by atoms with Crippen LogP contribution in [0.15, 0.2) is 42.0 Å². The van der Waals surface area contributed by atoms with Crippen molar-refractivity contribution in [2.75, 3.05) is 20.3 Å². The molecule has 1 amide bonds. The van der Waals surface area contributed by atoms with Gasteiger partial charge in [-0.25, -0.2) is 0 Å². The monoisotopic (exact) mass is 336 g/mol. The van der Waals surface area contributed by atoms with Gasteiger partial charge in [-0.15, -0.1) is 0 Å². The SMILES string of the molecule is COCCOc1ccc(/C=C(\C#N)C(=O)NC2CC2)c2ccccc12. The average molecular weight is 336 g/mol. The molecule has 0 unspecified atom stereocenters. The maximum atomic E-state index is 12.2. The normalized spacial score (nSPS) is 14.2. The summed E-state index contributed by atoms with van der Waals surface area (Å²) in [5.74, 6) is 0.445. The minimum Gasteiger partial charge on any atom is -0.491 e. The molecule has 1 N–H and O–H groups in total. The van der Waals surface area contributed by atoms with Crippen molar-refractivity contribution in [1.82, 2.24) is 5.32 Å². The maximum Gasteiger partial charge on any atom is 0.262 e. The van der Waals surface area contributed by atoms with Crippen molar-refractivity contribution < 1.29 is 14.3 Å². The summed E-state index contributed by atoms with van der Waals surface area (Å²) in [5, 5.41) is 14.1. The van der Waals surface area contributed by atoms with E-state index in [0.29, 0.717) is 13.2 Å². The molecular formula is C20H20N2O3. The molecule has 2 aromatic rings. The zero-order chi connectivity index (χ0) is 17.6. The van der Waals surface area contributed by atoms with Gasteiger partial charge in [-0.1, -0.05) is 30.3 Å². The van der Waals surface area contributed by atoms with Gasteiger partial charge in [0.1, 0.15) is 24.0 Å². The summed E-state index contributed by atoms with van der Waals surface area (Å²) in [5.41, 5.74) is 0.933. The fourth-order valence-electron chi connectivity index (χ4n) is 2.58. The largest absolute Gasteiger partial charge is 0.491 e. The van der Waals surface area contributed by atoms with Gasteiger partial charge in [0.15, 0.2) is 0 Å². The summed E-state index contributed by atoms with van der Waals surface area (Å²) < 4.78 is 10.8. The minimum atomic E-state index is -0.311. The number of nitriles is 1. The van der Waals surface area contributed by atoms with E-state index >= 15 is 0 Å². The second-order valence-corrected chi connectivity index (χ2v) is 5.96. The molecule has 5 nitrogen and oxygen atoms in total. The standard InChI is InChI=1S/C20H20N2O3/c1-24-10-11-25-19-9-6-14(17-4-2-3-5-18(17)19)12-15(13-21)20(23)22-16-7-8-16/h2-6,9,12,16H,7-8,10-11H2,1H3,(H,22,23)/b15-12+. The molecule has 2 aromatic carbocycles. The molecule has 0 aliphatic heterocycles. The van der Waals surface area contributed by atoms with Crippen LogP contribution in [0.2, 0.25) is 0 Å². The van der Waals surface area contributed by atoms with Crippen molar-refractivity contribution in [3.63, 3.8) is 0 Å². The number of benzene rings is 2. The van der Waals surface area contributed by atoms with E-state index in [9.17, 15) is 10.1 Å². The highest BCUT2D eigenvalue weighted by atomic mass is 16.5. The smallest absolute Gasteiger partial charge is 0.262 e. The quantitative estimate of drug-likeness (QED) is 0.479. The highest BCUT2D eigenvalue weighted by molar-refractivity contribution is 6.05. The van der Waals surface area contributed by atoms with Crippen LogP contribution in [0.5, 0.6) is 5.75 Å². The number of nitrogens with one attached hydrogen (secondary N) is 1. The number of methoxy groups -OCH3 is 1. The summed E-state index contributed by atoms with van der Waals surface area (Å²) in [4.78, 5) is 12.2. The van der Waals surface area contributed by atoms with Crippen molar-refractivity contribution in [2.24, 2.45) is 0 Å². The molecular weight excluding hydrogens is 316 g/mol. The summed E-state index contributed by atoms with van der Waals surface area (Å²) >= 11 is 0. The van der Waals surface area contributed by atoms with Crippen molar-refractivity contribution in [2.45, 2.75) is 18.9 Å². The maximum absolute atomic E-state index is 12.2. The molecule has 0 aromatic heterocycles. The predicted octanol–water partition coefficient (Wildman–Crippen LogP) is 3.05. The van der Waals surface area contributed by atoms with Crippen LogP contribution >= 0.6 is 0 Å². The number of carbonyl (C=O) groups is 1. The molecule has 3 rings (SSSR count). The zero-order valence-electron chi connectivity index (χ0n) is 14.1. The minimum absolute atomic E-state index is 0.116. The Balaban J connectivity index is 1.93. The Bertz CT molecular complexity index is 848. The van der Waals surface area contributed by atoms with Gasteiger partial charge in [-0.3, -0.25) is 4.79 Å². The van der Waals surface area contributed by atoms with Crippen LogP contribution in [0.3, 0.4) is 0 Å². The molecule has 0 saturated heterocycles. The van der Waals surface area contributed by atoms with E-state index in [1.165, 1.54) is 0 Å². The summed E-state index contributed by atoms with van der Waals surface area (Å²) in [6.45, 7) is 0.971. The topological polar surface area (TPSA) is 71.3 Å². The third-order valence-corrected chi connectivity index (χ3v) is 4.04. The van der Waals surface area contributed by atoms with Crippen molar-refractivity contribution in [3.05, 3.63) is 47.5 Å². The number of hydrogen-bond donors (Lipinski definition) is 1. The van der Waals surface area contributed by atoms with Crippen LogP contribution in [0.25, 0.3) is 16.8 Å². The number of hydrogen-bond acceptors (Lipinski definition) is 4. The first-order chi connectivity index (χ1) is 12.2. The number of nitrogens with zero attached hydrogens (tertiary/aromatic N) is 1. The lowest BCUT2D eigenvalue weighted by atomic mass is 10.0. The van der Waals surface area contributed by atoms with Gasteiger partial charge >= 0.3 is 0 Å². The van der Waals surface area contributed by atoms with E-state index in [1.54, 1.807) is 13.2 Å². The van der Waals surface area contributed by atoms with Crippen molar-refractivity contribution >= 4 is 22.8 Å². The number of fused-ring (bicyclic) bond motifs is 1. The Morgan fingerprint density at radius 1 is 1.24 bits per heavy atom. The Hall–Kier alpha value is -2.84. The molecule has 1 aliphatic carbocycles.